The lowest BCUT2D eigenvalue weighted by atomic mass is 9.94. The molecule has 208 valence electrons. The average molecular weight is 512 g/mol. The van der Waals surface area contributed by atoms with E-state index in [2.05, 4.69) is 53.0 Å². The minimum absolute atomic E-state index is 0.0638. The van der Waals surface area contributed by atoms with Crippen molar-refractivity contribution in [2.45, 2.75) is 119 Å². The van der Waals surface area contributed by atoms with Gasteiger partial charge in [-0.2, -0.15) is 10.4 Å². The lowest BCUT2D eigenvalue weighted by molar-refractivity contribution is 0.438. The molecule has 0 saturated carbocycles. The molecule has 0 radical (unpaired) electrons. The van der Waals surface area contributed by atoms with Crippen molar-refractivity contribution >= 4 is 11.5 Å². The van der Waals surface area contributed by atoms with E-state index in [1.807, 2.05) is 65.8 Å². The van der Waals surface area contributed by atoms with Crippen LogP contribution in [-0.2, 0) is 0 Å². The molecule has 2 aliphatic heterocycles. The zero-order chi connectivity index (χ0) is 28.1. The molecular weight excluding hydrogens is 458 g/mol. The van der Waals surface area contributed by atoms with Crippen LogP contribution in [0.2, 0.25) is 0 Å². The molecule has 0 saturated heterocycles. The molecular formula is C30H53N7. The highest BCUT2D eigenvalue weighted by atomic mass is 15.4. The van der Waals surface area contributed by atoms with E-state index >= 15 is 0 Å². The summed E-state index contributed by atoms with van der Waals surface area (Å²) in [5, 5.41) is 23.6. The monoisotopic (exact) mass is 511 g/mol. The summed E-state index contributed by atoms with van der Waals surface area (Å²) < 4.78 is 0. The second-order valence-electron chi connectivity index (χ2n) is 8.81. The molecule has 0 aliphatic carbocycles. The predicted octanol–water partition coefficient (Wildman–Crippen LogP) is 7.01. The fourth-order valence-electron chi connectivity index (χ4n) is 3.86. The molecule has 37 heavy (non-hydrogen) atoms. The van der Waals surface area contributed by atoms with Crippen LogP contribution in [0.15, 0.2) is 57.9 Å². The van der Waals surface area contributed by atoms with E-state index in [1.54, 1.807) is 0 Å². The molecule has 4 N–H and O–H groups in total. The van der Waals surface area contributed by atoms with Crippen LogP contribution in [0.1, 0.15) is 107 Å². The van der Waals surface area contributed by atoms with E-state index in [0.29, 0.717) is 12.3 Å². The average Bonchev–Trinajstić information content (AvgIpc) is 2.91. The summed E-state index contributed by atoms with van der Waals surface area (Å²) in [4.78, 5) is 4.72. The molecule has 0 bridgehead atoms. The summed E-state index contributed by atoms with van der Waals surface area (Å²) in [6, 6.07) is 2.16. The maximum Gasteiger partial charge on any atom is 0.196 e. The van der Waals surface area contributed by atoms with Gasteiger partial charge in [-0.1, -0.05) is 86.0 Å². The molecule has 3 atom stereocenters. The van der Waals surface area contributed by atoms with E-state index in [1.165, 1.54) is 37.8 Å². The summed E-state index contributed by atoms with van der Waals surface area (Å²) in [5.41, 5.74) is 7.26. The number of nitrogens with zero attached hydrogens (tertiary/aromatic N) is 3. The number of aliphatic imine (C=N–C) groups is 1. The fraction of sp³-hybridized carbons (Fsp3) is 0.633. The van der Waals surface area contributed by atoms with Gasteiger partial charge in [-0.3, -0.25) is 5.43 Å². The third-order valence-electron chi connectivity index (χ3n) is 5.90. The predicted molar refractivity (Wildman–Crippen MR) is 161 cm³/mol. The van der Waals surface area contributed by atoms with Gasteiger partial charge in [0.25, 0.3) is 0 Å². The molecule has 0 aromatic heterocycles. The van der Waals surface area contributed by atoms with Crippen molar-refractivity contribution in [3.63, 3.8) is 0 Å². The summed E-state index contributed by atoms with van der Waals surface area (Å²) >= 11 is 0. The zero-order valence-corrected chi connectivity index (χ0v) is 24.7. The molecule has 0 spiro atoms. The number of allylic oxidation sites excluding steroid dienone is 5. The lowest BCUT2D eigenvalue weighted by Gasteiger charge is -2.29. The number of unbranched alkanes of at least 4 members (excludes halogenated alkanes) is 3. The molecule has 0 aromatic rings. The van der Waals surface area contributed by atoms with Crippen molar-refractivity contribution < 1.29 is 0 Å². The van der Waals surface area contributed by atoms with Crippen molar-refractivity contribution in [2.75, 3.05) is 0 Å². The Morgan fingerprint density at radius 2 is 1.97 bits per heavy atom. The summed E-state index contributed by atoms with van der Waals surface area (Å²) in [6.07, 6.45) is 16.2. The van der Waals surface area contributed by atoms with E-state index in [4.69, 9.17) is 10.3 Å². The Bertz CT molecular complexity index is 842. The number of hydrazone groups is 1. The Hall–Kier alpha value is -3.01. The van der Waals surface area contributed by atoms with Gasteiger partial charge in [-0.25, -0.2) is 4.99 Å². The van der Waals surface area contributed by atoms with Crippen molar-refractivity contribution in [3.8, 4) is 6.07 Å². The highest BCUT2D eigenvalue weighted by molar-refractivity contribution is 5.94. The first-order chi connectivity index (χ1) is 17.9. The van der Waals surface area contributed by atoms with Crippen LogP contribution in [0.3, 0.4) is 0 Å². The number of rotatable bonds is 12. The van der Waals surface area contributed by atoms with Crippen LogP contribution in [0.4, 0.5) is 0 Å². The summed E-state index contributed by atoms with van der Waals surface area (Å²) in [6.45, 7) is 20.5. The van der Waals surface area contributed by atoms with Crippen molar-refractivity contribution in [1.82, 2.24) is 21.4 Å². The molecule has 0 fully saturated rings. The van der Waals surface area contributed by atoms with Gasteiger partial charge in [0.1, 0.15) is 12.0 Å². The molecule has 7 nitrogen and oxygen atoms in total. The van der Waals surface area contributed by atoms with Crippen LogP contribution in [0.5, 0.6) is 0 Å². The molecule has 0 amide bonds. The van der Waals surface area contributed by atoms with Gasteiger partial charge < -0.3 is 16.0 Å². The third-order valence-corrected chi connectivity index (χ3v) is 5.90. The van der Waals surface area contributed by atoms with Gasteiger partial charge >= 0.3 is 0 Å². The summed E-state index contributed by atoms with van der Waals surface area (Å²) in [5.74, 6) is 1.35. The van der Waals surface area contributed by atoms with Gasteiger partial charge in [0.2, 0.25) is 0 Å². The Kier molecular flexibility index (Phi) is 19.4. The van der Waals surface area contributed by atoms with E-state index < -0.39 is 0 Å². The van der Waals surface area contributed by atoms with E-state index in [-0.39, 0.29) is 12.5 Å². The van der Waals surface area contributed by atoms with Crippen molar-refractivity contribution in [1.29, 1.82) is 5.26 Å². The molecule has 7 heteroatoms. The SMILES string of the molecule is C=C(/C=C\C(=C/C)CC#N)NC1N=C(NC2CCC(C(C)CCCCCC)=NN2)C=C(C)N1.CC.CC. The number of nitriles is 1. The second kappa shape index (κ2) is 21.1. The van der Waals surface area contributed by atoms with Crippen molar-refractivity contribution in [3.05, 3.63) is 47.9 Å². The number of hydrogen-bond donors (Lipinski definition) is 4. The van der Waals surface area contributed by atoms with E-state index in [0.717, 1.165) is 35.6 Å². The standard InChI is InChI=1S/C26H41N7.2C2H6/c1-6-8-9-10-11-19(3)23-14-15-24(33-32-23)30-25-18-21(5)29-26(31-25)28-20(4)12-13-22(7-2)16-17-27;2*1-2/h7,12-13,18-19,24,26,28-29,33H,4,6,8-11,14-16H2,1-3,5H3,(H,30,31);2*1-2H3/b13-12-,22-7+;;. The smallest absolute Gasteiger partial charge is 0.196 e. The Labute approximate surface area is 227 Å². The van der Waals surface area contributed by atoms with Gasteiger partial charge in [-0.05, 0) is 56.8 Å². The Morgan fingerprint density at radius 1 is 1.24 bits per heavy atom. The molecule has 2 rings (SSSR count). The van der Waals surface area contributed by atoms with Crippen LogP contribution in [0, 0.1) is 17.2 Å². The van der Waals surface area contributed by atoms with Gasteiger partial charge in [0, 0.05) is 17.1 Å². The topological polar surface area (TPSA) is 96.6 Å². The Morgan fingerprint density at radius 3 is 2.57 bits per heavy atom. The highest BCUT2D eigenvalue weighted by Gasteiger charge is 2.21. The first kappa shape index (κ1) is 34.0. The van der Waals surface area contributed by atoms with Crippen molar-refractivity contribution in [2.24, 2.45) is 16.0 Å². The minimum atomic E-state index is -0.314. The highest BCUT2D eigenvalue weighted by Crippen LogP contribution is 2.18. The summed E-state index contributed by atoms with van der Waals surface area (Å²) in [7, 11) is 0. The number of amidine groups is 1. The van der Waals surface area contributed by atoms with Crippen LogP contribution in [0.25, 0.3) is 0 Å². The first-order valence-corrected chi connectivity index (χ1v) is 14.2. The van der Waals surface area contributed by atoms with Crippen LogP contribution in [-0.4, -0.2) is 24.0 Å². The zero-order valence-electron chi connectivity index (χ0n) is 24.7. The third kappa shape index (κ3) is 14.3. The minimum Gasteiger partial charge on any atom is -0.350 e. The second-order valence-corrected chi connectivity index (χ2v) is 8.81. The quantitative estimate of drug-likeness (QED) is 0.167. The Balaban J connectivity index is 0.00000308. The van der Waals surface area contributed by atoms with E-state index in [9.17, 15) is 0 Å². The lowest BCUT2D eigenvalue weighted by Crippen LogP contribution is -2.49. The largest absolute Gasteiger partial charge is 0.350 e. The normalized spacial score (nSPS) is 19.6. The van der Waals surface area contributed by atoms with Crippen LogP contribution >= 0.6 is 0 Å². The molecule has 3 unspecified atom stereocenters. The first-order valence-electron chi connectivity index (χ1n) is 14.2. The molecule has 2 heterocycles. The number of hydrogen-bond acceptors (Lipinski definition) is 7. The molecule has 0 aromatic carbocycles. The van der Waals surface area contributed by atoms with Gasteiger partial charge in [0.15, 0.2) is 6.29 Å². The van der Waals surface area contributed by atoms with Gasteiger partial charge in [-0.15, -0.1) is 0 Å². The molecule has 2 aliphatic rings. The van der Waals surface area contributed by atoms with Gasteiger partial charge in [0.05, 0.1) is 12.5 Å². The number of nitrogens with one attached hydrogen (secondary N) is 4. The maximum absolute atomic E-state index is 8.86. The maximum atomic E-state index is 8.86. The fourth-order valence-corrected chi connectivity index (χ4v) is 3.86. The van der Waals surface area contributed by atoms with Crippen LogP contribution < -0.4 is 21.4 Å².